The van der Waals surface area contributed by atoms with Gasteiger partial charge in [0.05, 0.1) is 17.6 Å². The zero-order valence-corrected chi connectivity index (χ0v) is 15.3. The van der Waals surface area contributed by atoms with Crippen LogP contribution in [0.3, 0.4) is 0 Å². The van der Waals surface area contributed by atoms with Gasteiger partial charge < -0.3 is 14.4 Å². The summed E-state index contributed by atoms with van der Waals surface area (Å²) in [6.07, 6.45) is -5.73. The molecule has 3 rings (SSSR count). The number of aliphatic hydroxyl groups excluding tert-OH is 1. The number of aryl methyl sites for hydroxylation is 2. The van der Waals surface area contributed by atoms with Crippen LogP contribution in [0.25, 0.3) is 11.0 Å². The van der Waals surface area contributed by atoms with Crippen LogP contribution in [0.4, 0.5) is 13.2 Å². The van der Waals surface area contributed by atoms with E-state index in [0.717, 1.165) is 21.3 Å². The number of hydrogen-bond donors (Lipinski definition) is 1. The zero-order valence-electron chi connectivity index (χ0n) is 15.3. The van der Waals surface area contributed by atoms with Gasteiger partial charge in [-0.15, -0.1) is 0 Å². The Morgan fingerprint density at radius 2 is 1.74 bits per heavy atom. The molecule has 0 aliphatic heterocycles. The topological polar surface area (TPSA) is 47.3 Å². The normalized spacial score (nSPS) is 13.1. The number of nitrogens with zero attached hydrogens (tertiary/aromatic N) is 2. The maximum absolute atomic E-state index is 13.3. The van der Waals surface area contributed by atoms with Crippen LogP contribution in [0.1, 0.15) is 22.5 Å². The molecule has 0 bridgehead atoms. The van der Waals surface area contributed by atoms with E-state index in [1.807, 2.05) is 32.9 Å². The van der Waals surface area contributed by atoms with Crippen LogP contribution < -0.4 is 4.74 Å². The Hall–Kier alpha value is -2.54. The monoisotopic (exact) mass is 378 g/mol. The number of benzene rings is 2. The Bertz CT molecular complexity index is 964. The summed E-state index contributed by atoms with van der Waals surface area (Å²) in [6, 6.07) is 10.2. The van der Waals surface area contributed by atoms with Gasteiger partial charge in [-0.1, -0.05) is 24.3 Å². The number of ether oxygens (including phenoxy) is 1. The molecule has 0 saturated heterocycles. The summed E-state index contributed by atoms with van der Waals surface area (Å²) in [7, 11) is 0. The largest absolute Gasteiger partial charge is 0.490 e. The molecule has 27 heavy (non-hydrogen) atoms. The van der Waals surface area contributed by atoms with Crippen LogP contribution in [-0.2, 0) is 12.7 Å². The Kier molecular flexibility index (Phi) is 5.15. The van der Waals surface area contributed by atoms with Crippen molar-refractivity contribution >= 4 is 11.0 Å². The molecule has 3 aromatic rings. The second kappa shape index (κ2) is 7.23. The van der Waals surface area contributed by atoms with Crippen molar-refractivity contribution in [3.63, 3.8) is 0 Å². The predicted molar refractivity (Wildman–Crippen MR) is 96.9 cm³/mol. The first kappa shape index (κ1) is 19.2. The number of aliphatic hydroxyl groups is 1. The van der Waals surface area contributed by atoms with Gasteiger partial charge in [0.2, 0.25) is 5.82 Å². The molecular formula is C20H21F3N2O2. The number of fused-ring (bicyclic) bond motifs is 1. The average Bonchev–Trinajstić information content (AvgIpc) is 2.97. The first-order chi connectivity index (χ1) is 12.7. The number of aromatic nitrogens is 2. The van der Waals surface area contributed by atoms with Crippen molar-refractivity contribution in [2.45, 2.75) is 39.6 Å². The summed E-state index contributed by atoms with van der Waals surface area (Å²) >= 11 is 0. The number of hydrogen-bond acceptors (Lipinski definition) is 3. The summed E-state index contributed by atoms with van der Waals surface area (Å²) in [5.74, 6) is -0.369. The molecule has 7 heteroatoms. The molecular weight excluding hydrogens is 357 g/mol. The summed E-state index contributed by atoms with van der Waals surface area (Å²) in [4.78, 5) is 3.68. The van der Waals surface area contributed by atoms with E-state index in [1.54, 1.807) is 18.2 Å². The average molecular weight is 378 g/mol. The minimum Gasteiger partial charge on any atom is -0.490 e. The molecule has 0 spiro atoms. The highest BCUT2D eigenvalue weighted by molar-refractivity contribution is 5.76. The maximum atomic E-state index is 13.3. The van der Waals surface area contributed by atoms with Gasteiger partial charge in [-0.25, -0.2) is 4.98 Å². The van der Waals surface area contributed by atoms with E-state index < -0.39 is 18.1 Å². The van der Waals surface area contributed by atoms with E-state index in [4.69, 9.17) is 4.74 Å². The summed E-state index contributed by atoms with van der Waals surface area (Å²) < 4.78 is 46.8. The second-order valence-corrected chi connectivity index (χ2v) is 6.65. The number of para-hydroxylation sites is 2. The fraction of sp³-hybridized carbons (Fsp3) is 0.350. The molecule has 1 atom stereocenters. The van der Waals surface area contributed by atoms with Gasteiger partial charge in [-0.3, -0.25) is 0 Å². The zero-order chi connectivity index (χ0) is 19.8. The Morgan fingerprint density at radius 1 is 1.07 bits per heavy atom. The molecule has 0 radical (unpaired) electrons. The molecule has 144 valence electrons. The standard InChI is InChI=1S/C20H21F3N2O2/c1-12-8-9-13(2)18(14(12)3)27-11-15(26)10-25-17-7-5-4-6-16(17)24-19(25)20(21,22)23/h4-9,15,26H,10-11H2,1-3H3. The van der Waals surface area contributed by atoms with Gasteiger partial charge in [0.25, 0.3) is 0 Å². The molecule has 2 aromatic carbocycles. The third-order valence-electron chi connectivity index (χ3n) is 4.60. The van der Waals surface area contributed by atoms with Crippen LogP contribution in [0.15, 0.2) is 36.4 Å². The van der Waals surface area contributed by atoms with Crippen LogP contribution in [-0.4, -0.2) is 27.4 Å². The minimum atomic E-state index is -4.61. The first-order valence-electron chi connectivity index (χ1n) is 8.58. The van der Waals surface area contributed by atoms with Crippen LogP contribution in [0.5, 0.6) is 5.75 Å². The second-order valence-electron chi connectivity index (χ2n) is 6.65. The lowest BCUT2D eigenvalue weighted by Gasteiger charge is -2.19. The lowest BCUT2D eigenvalue weighted by Crippen LogP contribution is -2.27. The number of halogens is 3. The fourth-order valence-electron chi connectivity index (χ4n) is 3.07. The van der Waals surface area contributed by atoms with E-state index in [0.29, 0.717) is 11.3 Å². The van der Waals surface area contributed by atoms with Crippen molar-refractivity contribution in [3.05, 3.63) is 58.9 Å². The Labute approximate surface area is 155 Å². The van der Waals surface area contributed by atoms with Crippen molar-refractivity contribution < 1.29 is 23.0 Å². The lowest BCUT2D eigenvalue weighted by atomic mass is 10.1. The molecule has 1 unspecified atom stereocenters. The lowest BCUT2D eigenvalue weighted by molar-refractivity contribution is -0.147. The van der Waals surface area contributed by atoms with Crippen LogP contribution in [0.2, 0.25) is 0 Å². The Balaban J connectivity index is 1.83. The molecule has 1 N–H and O–H groups in total. The predicted octanol–water partition coefficient (Wildman–Crippen LogP) is 4.42. The third kappa shape index (κ3) is 3.93. The van der Waals surface area contributed by atoms with Gasteiger partial charge >= 0.3 is 6.18 Å². The van der Waals surface area contributed by atoms with Gasteiger partial charge in [-0.05, 0) is 49.6 Å². The van der Waals surface area contributed by atoms with E-state index in [2.05, 4.69) is 4.98 Å². The van der Waals surface area contributed by atoms with Crippen LogP contribution in [0, 0.1) is 20.8 Å². The summed E-state index contributed by atoms with van der Waals surface area (Å²) in [5, 5.41) is 10.3. The van der Waals surface area contributed by atoms with Crippen molar-refractivity contribution in [2.75, 3.05) is 6.61 Å². The number of alkyl halides is 3. The minimum absolute atomic E-state index is 0.116. The smallest absolute Gasteiger partial charge is 0.449 e. The van der Waals surface area contributed by atoms with E-state index >= 15 is 0 Å². The van der Waals surface area contributed by atoms with Gasteiger partial charge in [0.1, 0.15) is 18.5 Å². The van der Waals surface area contributed by atoms with E-state index in [-0.39, 0.29) is 18.7 Å². The summed E-state index contributed by atoms with van der Waals surface area (Å²) in [6.45, 7) is 5.37. The summed E-state index contributed by atoms with van der Waals surface area (Å²) in [5.41, 5.74) is 3.47. The van der Waals surface area contributed by atoms with Crippen molar-refractivity contribution in [1.82, 2.24) is 9.55 Å². The van der Waals surface area contributed by atoms with Crippen molar-refractivity contribution in [1.29, 1.82) is 0 Å². The van der Waals surface area contributed by atoms with Gasteiger partial charge in [0.15, 0.2) is 0 Å². The van der Waals surface area contributed by atoms with E-state index in [9.17, 15) is 18.3 Å². The molecule has 0 amide bonds. The molecule has 1 aromatic heterocycles. The third-order valence-corrected chi connectivity index (χ3v) is 4.60. The van der Waals surface area contributed by atoms with E-state index in [1.165, 1.54) is 6.07 Å². The van der Waals surface area contributed by atoms with Crippen LogP contribution >= 0.6 is 0 Å². The van der Waals surface area contributed by atoms with Gasteiger partial charge in [-0.2, -0.15) is 13.2 Å². The number of rotatable bonds is 5. The van der Waals surface area contributed by atoms with Crippen molar-refractivity contribution in [2.24, 2.45) is 0 Å². The fourth-order valence-corrected chi connectivity index (χ4v) is 3.07. The highest BCUT2D eigenvalue weighted by Gasteiger charge is 2.38. The molecule has 0 saturated carbocycles. The molecule has 0 aliphatic carbocycles. The molecule has 0 aliphatic rings. The number of imidazole rings is 1. The molecule has 0 fully saturated rings. The quantitative estimate of drug-likeness (QED) is 0.715. The molecule has 1 heterocycles. The highest BCUT2D eigenvalue weighted by atomic mass is 19.4. The molecule has 4 nitrogen and oxygen atoms in total. The SMILES string of the molecule is Cc1ccc(C)c(OCC(O)Cn2c(C(F)(F)F)nc3ccccc32)c1C. The first-order valence-corrected chi connectivity index (χ1v) is 8.58. The maximum Gasteiger partial charge on any atom is 0.449 e. The highest BCUT2D eigenvalue weighted by Crippen LogP contribution is 2.32. The Morgan fingerprint density at radius 3 is 2.44 bits per heavy atom. The van der Waals surface area contributed by atoms with Gasteiger partial charge in [0, 0.05) is 0 Å². The van der Waals surface area contributed by atoms with Crippen molar-refractivity contribution in [3.8, 4) is 5.75 Å².